The molecule has 1 saturated heterocycles. The zero-order valence-corrected chi connectivity index (χ0v) is 15.9. The normalized spacial score (nSPS) is 14.7. The van der Waals surface area contributed by atoms with E-state index in [9.17, 15) is 4.79 Å². The molecule has 0 aliphatic carbocycles. The summed E-state index contributed by atoms with van der Waals surface area (Å²) in [4.78, 5) is 24.5. The molecule has 3 aromatic heterocycles. The highest BCUT2D eigenvalue weighted by Crippen LogP contribution is 2.23. The molecule has 0 atom stereocenters. The number of pyridine rings is 1. The third-order valence-electron chi connectivity index (χ3n) is 4.65. The number of amides is 1. The fraction of sp³-hybridized carbons (Fsp3) is 0.350. The van der Waals surface area contributed by atoms with E-state index in [0.29, 0.717) is 23.7 Å². The van der Waals surface area contributed by atoms with Gasteiger partial charge in [-0.2, -0.15) is 0 Å². The fourth-order valence-corrected chi connectivity index (χ4v) is 3.84. The van der Waals surface area contributed by atoms with Crippen LogP contribution in [0.3, 0.4) is 0 Å². The van der Waals surface area contributed by atoms with Crippen LogP contribution in [-0.2, 0) is 6.54 Å². The topological polar surface area (TPSA) is 71.3 Å². The maximum absolute atomic E-state index is 12.4. The number of hydrogen-bond donors (Lipinski definition) is 1. The van der Waals surface area contributed by atoms with Gasteiger partial charge in [-0.05, 0) is 36.4 Å². The summed E-state index contributed by atoms with van der Waals surface area (Å²) in [6, 6.07) is 7.68. The fourth-order valence-electron chi connectivity index (χ4n) is 3.18. The number of rotatable bonds is 5. The van der Waals surface area contributed by atoms with E-state index in [2.05, 4.69) is 20.2 Å². The quantitative estimate of drug-likeness (QED) is 0.719. The molecule has 0 aromatic carbocycles. The van der Waals surface area contributed by atoms with Crippen LogP contribution in [0.4, 0.5) is 5.82 Å². The van der Waals surface area contributed by atoms with E-state index in [1.165, 1.54) is 25.7 Å². The van der Waals surface area contributed by atoms with Crippen molar-refractivity contribution < 1.29 is 9.21 Å². The first-order valence-corrected chi connectivity index (χ1v) is 10.1. The molecular weight excluding hydrogens is 360 g/mol. The summed E-state index contributed by atoms with van der Waals surface area (Å²) < 4.78 is 5.47. The highest BCUT2D eigenvalue weighted by Gasteiger charge is 2.13. The zero-order chi connectivity index (χ0) is 18.5. The lowest BCUT2D eigenvalue weighted by Crippen LogP contribution is -2.26. The van der Waals surface area contributed by atoms with Gasteiger partial charge in [0.25, 0.3) is 5.91 Å². The summed E-state index contributed by atoms with van der Waals surface area (Å²) in [7, 11) is 0. The van der Waals surface area contributed by atoms with Crippen LogP contribution in [0, 0.1) is 0 Å². The Balaban J connectivity index is 1.34. The number of nitrogens with one attached hydrogen (secondary N) is 1. The molecule has 1 N–H and O–H groups in total. The standard InChI is InChI=1S/C20H22N4O2S/c25-19(22-13-16-14-26-20(23-16)17-6-5-11-27-17)15-7-8-18(21-12-15)24-9-3-1-2-4-10-24/h5-8,11-12,14H,1-4,9-10,13H2,(H,22,25). The van der Waals surface area contributed by atoms with Gasteiger partial charge in [-0.3, -0.25) is 4.79 Å². The van der Waals surface area contributed by atoms with Crippen molar-refractivity contribution in [2.75, 3.05) is 18.0 Å². The van der Waals surface area contributed by atoms with Crippen molar-refractivity contribution >= 4 is 23.1 Å². The predicted molar refractivity (Wildman–Crippen MR) is 106 cm³/mol. The van der Waals surface area contributed by atoms with Gasteiger partial charge in [0.1, 0.15) is 12.1 Å². The van der Waals surface area contributed by atoms with Crippen LogP contribution in [0.5, 0.6) is 0 Å². The first kappa shape index (κ1) is 17.7. The third kappa shape index (κ3) is 4.36. The molecule has 7 heteroatoms. The number of hydrogen-bond acceptors (Lipinski definition) is 6. The van der Waals surface area contributed by atoms with Crippen LogP contribution < -0.4 is 10.2 Å². The van der Waals surface area contributed by atoms with Crippen molar-refractivity contribution in [3.05, 3.63) is 53.4 Å². The second kappa shape index (κ2) is 8.35. The number of carbonyl (C=O) groups excluding carboxylic acids is 1. The summed E-state index contributed by atoms with van der Waals surface area (Å²) in [5.74, 6) is 1.37. The summed E-state index contributed by atoms with van der Waals surface area (Å²) >= 11 is 1.57. The zero-order valence-electron chi connectivity index (χ0n) is 15.1. The first-order valence-electron chi connectivity index (χ1n) is 9.27. The average Bonchev–Trinajstić information content (AvgIpc) is 3.33. The van der Waals surface area contributed by atoms with Gasteiger partial charge in [0.05, 0.1) is 22.7 Å². The highest BCUT2D eigenvalue weighted by atomic mass is 32.1. The Morgan fingerprint density at radius 3 is 2.74 bits per heavy atom. The van der Waals surface area contributed by atoms with Crippen LogP contribution in [-0.4, -0.2) is 29.0 Å². The Labute approximate surface area is 162 Å². The van der Waals surface area contributed by atoms with Crippen LogP contribution >= 0.6 is 11.3 Å². The van der Waals surface area contributed by atoms with E-state index in [0.717, 1.165) is 23.8 Å². The van der Waals surface area contributed by atoms with Crippen LogP contribution in [0.25, 0.3) is 10.8 Å². The molecule has 1 aliphatic rings. The average molecular weight is 382 g/mol. The minimum Gasteiger partial charge on any atom is -0.443 e. The summed E-state index contributed by atoms with van der Waals surface area (Å²) in [6.45, 7) is 2.40. The van der Waals surface area contributed by atoms with E-state index in [4.69, 9.17) is 4.42 Å². The predicted octanol–water partition coefficient (Wildman–Crippen LogP) is 4.11. The molecule has 1 aliphatic heterocycles. The Morgan fingerprint density at radius 2 is 2.04 bits per heavy atom. The molecule has 1 amide bonds. The number of nitrogens with zero attached hydrogens (tertiary/aromatic N) is 3. The molecule has 0 bridgehead atoms. The highest BCUT2D eigenvalue weighted by molar-refractivity contribution is 7.13. The van der Waals surface area contributed by atoms with E-state index in [1.54, 1.807) is 23.8 Å². The summed E-state index contributed by atoms with van der Waals surface area (Å²) in [5.41, 5.74) is 1.25. The molecule has 4 rings (SSSR count). The second-order valence-corrected chi connectivity index (χ2v) is 7.56. The number of carbonyl (C=O) groups is 1. The van der Waals surface area contributed by atoms with Crippen molar-refractivity contribution in [2.45, 2.75) is 32.2 Å². The molecule has 3 aromatic rings. The second-order valence-electron chi connectivity index (χ2n) is 6.61. The van der Waals surface area contributed by atoms with Crippen molar-refractivity contribution in [2.24, 2.45) is 0 Å². The van der Waals surface area contributed by atoms with Gasteiger partial charge in [-0.15, -0.1) is 11.3 Å². The largest absolute Gasteiger partial charge is 0.443 e. The van der Waals surface area contributed by atoms with E-state index < -0.39 is 0 Å². The van der Waals surface area contributed by atoms with Crippen molar-refractivity contribution in [1.29, 1.82) is 0 Å². The Morgan fingerprint density at radius 1 is 1.19 bits per heavy atom. The van der Waals surface area contributed by atoms with Gasteiger partial charge in [0.2, 0.25) is 5.89 Å². The molecule has 6 nitrogen and oxygen atoms in total. The van der Waals surface area contributed by atoms with Gasteiger partial charge in [-0.1, -0.05) is 18.9 Å². The Hall–Kier alpha value is -2.67. The number of anilines is 1. The van der Waals surface area contributed by atoms with Crippen LogP contribution in [0.2, 0.25) is 0 Å². The van der Waals surface area contributed by atoms with Gasteiger partial charge in [-0.25, -0.2) is 9.97 Å². The minimum absolute atomic E-state index is 0.161. The summed E-state index contributed by atoms with van der Waals surface area (Å²) in [5, 5.41) is 4.85. The molecule has 27 heavy (non-hydrogen) atoms. The molecule has 4 heterocycles. The maximum atomic E-state index is 12.4. The molecule has 0 radical (unpaired) electrons. The maximum Gasteiger partial charge on any atom is 0.253 e. The van der Waals surface area contributed by atoms with Crippen molar-refractivity contribution in [3.8, 4) is 10.8 Å². The van der Waals surface area contributed by atoms with Gasteiger partial charge in [0, 0.05) is 19.3 Å². The lowest BCUT2D eigenvalue weighted by Gasteiger charge is -2.21. The van der Waals surface area contributed by atoms with Crippen molar-refractivity contribution in [1.82, 2.24) is 15.3 Å². The SMILES string of the molecule is O=C(NCc1coc(-c2cccs2)n1)c1ccc(N2CCCCCC2)nc1. The van der Waals surface area contributed by atoms with Crippen molar-refractivity contribution in [3.63, 3.8) is 0 Å². The molecule has 0 saturated carbocycles. The third-order valence-corrected chi connectivity index (χ3v) is 5.51. The molecule has 0 unspecified atom stereocenters. The molecule has 140 valence electrons. The van der Waals surface area contributed by atoms with Gasteiger partial charge in [0.15, 0.2) is 0 Å². The monoisotopic (exact) mass is 382 g/mol. The Bertz CT molecular complexity index is 866. The van der Waals surface area contributed by atoms with E-state index in [-0.39, 0.29) is 5.91 Å². The lowest BCUT2D eigenvalue weighted by atomic mass is 10.2. The smallest absolute Gasteiger partial charge is 0.253 e. The van der Waals surface area contributed by atoms with E-state index >= 15 is 0 Å². The van der Waals surface area contributed by atoms with Crippen LogP contribution in [0.1, 0.15) is 41.7 Å². The number of thiophene rings is 1. The lowest BCUT2D eigenvalue weighted by molar-refractivity contribution is 0.0950. The number of oxazole rings is 1. The van der Waals surface area contributed by atoms with Crippen LogP contribution in [0.15, 0.2) is 46.5 Å². The number of aromatic nitrogens is 2. The van der Waals surface area contributed by atoms with E-state index in [1.807, 2.05) is 29.6 Å². The van der Waals surface area contributed by atoms with Gasteiger partial charge < -0.3 is 14.6 Å². The molecule has 1 fully saturated rings. The Kier molecular flexibility index (Phi) is 5.48. The van der Waals surface area contributed by atoms with Gasteiger partial charge >= 0.3 is 0 Å². The first-order chi connectivity index (χ1) is 13.3. The molecular formula is C20H22N4O2S. The summed E-state index contributed by atoms with van der Waals surface area (Å²) in [6.07, 6.45) is 8.20. The minimum atomic E-state index is -0.161. The molecule has 0 spiro atoms.